The van der Waals surface area contributed by atoms with Gasteiger partial charge in [0.1, 0.15) is 0 Å². The zero-order valence-electron chi connectivity index (χ0n) is 14.3. The number of hydrogen-bond acceptors (Lipinski definition) is 4. The average molecular weight is 412 g/mol. The number of alkyl halides is 3. The summed E-state index contributed by atoms with van der Waals surface area (Å²) >= 11 is 0. The van der Waals surface area contributed by atoms with Crippen LogP contribution in [0.3, 0.4) is 0 Å². The molecule has 0 saturated heterocycles. The lowest BCUT2D eigenvalue weighted by Gasteiger charge is -2.10. The van der Waals surface area contributed by atoms with E-state index in [1.807, 2.05) is 0 Å². The molecule has 0 aliphatic heterocycles. The lowest BCUT2D eigenvalue weighted by atomic mass is 10.1. The zero-order valence-corrected chi connectivity index (χ0v) is 15.1. The van der Waals surface area contributed by atoms with Gasteiger partial charge in [-0.2, -0.15) is 13.2 Å². The van der Waals surface area contributed by atoms with Crippen LogP contribution in [0.1, 0.15) is 33.6 Å². The number of rotatable bonds is 5. The van der Waals surface area contributed by atoms with Crippen molar-refractivity contribution >= 4 is 27.3 Å². The highest BCUT2D eigenvalue weighted by atomic mass is 32.2. The minimum Gasteiger partial charge on any atom is -0.349 e. The summed E-state index contributed by atoms with van der Waals surface area (Å²) in [4.78, 5) is 23.4. The Morgan fingerprint density at radius 3 is 2.14 bits per heavy atom. The summed E-state index contributed by atoms with van der Waals surface area (Å²) < 4.78 is 60.3. The first-order valence-corrected chi connectivity index (χ1v) is 9.70. The Bertz CT molecular complexity index is 1010. The molecule has 0 heterocycles. The third kappa shape index (κ3) is 4.33. The molecule has 0 atom stereocenters. The van der Waals surface area contributed by atoms with Crippen LogP contribution in [0.4, 0.5) is 18.9 Å². The van der Waals surface area contributed by atoms with Crippen LogP contribution in [0.25, 0.3) is 0 Å². The Morgan fingerprint density at radius 2 is 1.57 bits per heavy atom. The number of nitrogens with one attached hydrogen (secondary N) is 2. The lowest BCUT2D eigenvalue weighted by molar-refractivity contribution is -0.0436. The van der Waals surface area contributed by atoms with Crippen LogP contribution >= 0.6 is 0 Å². The van der Waals surface area contributed by atoms with Crippen LogP contribution < -0.4 is 10.6 Å². The molecule has 0 unspecified atom stereocenters. The molecule has 1 fully saturated rings. The van der Waals surface area contributed by atoms with Gasteiger partial charge in [0.15, 0.2) is 0 Å². The fourth-order valence-electron chi connectivity index (χ4n) is 2.36. The van der Waals surface area contributed by atoms with Crippen LogP contribution in [0.5, 0.6) is 0 Å². The molecular weight excluding hydrogens is 397 g/mol. The van der Waals surface area contributed by atoms with E-state index >= 15 is 0 Å². The van der Waals surface area contributed by atoms with Gasteiger partial charge in [-0.3, -0.25) is 9.59 Å². The van der Waals surface area contributed by atoms with Gasteiger partial charge in [-0.15, -0.1) is 0 Å². The number of carbonyl (C=O) groups excluding carboxylic acids is 2. The molecule has 2 aromatic carbocycles. The Balaban J connectivity index is 1.72. The van der Waals surface area contributed by atoms with Crippen molar-refractivity contribution < 1.29 is 31.2 Å². The highest BCUT2D eigenvalue weighted by molar-refractivity contribution is 7.92. The maximum Gasteiger partial charge on any atom is 0.501 e. The van der Waals surface area contributed by atoms with Gasteiger partial charge in [-0.1, -0.05) is 6.07 Å². The van der Waals surface area contributed by atoms with Crippen molar-refractivity contribution in [2.24, 2.45) is 0 Å². The van der Waals surface area contributed by atoms with E-state index in [-0.39, 0.29) is 17.5 Å². The molecule has 0 bridgehead atoms. The van der Waals surface area contributed by atoms with Gasteiger partial charge < -0.3 is 10.6 Å². The van der Waals surface area contributed by atoms with E-state index in [9.17, 15) is 31.2 Å². The largest absolute Gasteiger partial charge is 0.501 e. The third-order valence-electron chi connectivity index (χ3n) is 4.03. The maximum atomic E-state index is 12.6. The molecule has 2 aromatic rings. The lowest BCUT2D eigenvalue weighted by Crippen LogP contribution is -2.25. The normalized spacial score (nSPS) is 14.4. The fraction of sp³-hybridized carbons (Fsp3) is 0.222. The molecule has 10 heteroatoms. The van der Waals surface area contributed by atoms with Crippen molar-refractivity contribution in [3.8, 4) is 0 Å². The second kappa shape index (κ2) is 7.27. The number of amides is 2. The van der Waals surface area contributed by atoms with Crippen molar-refractivity contribution in [1.29, 1.82) is 0 Å². The summed E-state index contributed by atoms with van der Waals surface area (Å²) in [5.74, 6) is -0.920. The quantitative estimate of drug-likeness (QED) is 0.789. The second-order valence-corrected chi connectivity index (χ2v) is 8.20. The van der Waals surface area contributed by atoms with E-state index in [0.29, 0.717) is 11.3 Å². The van der Waals surface area contributed by atoms with Crippen LogP contribution in [0, 0.1) is 0 Å². The van der Waals surface area contributed by atoms with Crippen LogP contribution in [0.2, 0.25) is 0 Å². The van der Waals surface area contributed by atoms with Crippen LogP contribution in [-0.2, 0) is 9.84 Å². The minimum absolute atomic E-state index is 0.0334. The summed E-state index contributed by atoms with van der Waals surface area (Å²) in [6, 6.07) is 9.77. The minimum atomic E-state index is -5.47. The Labute approximate surface area is 158 Å². The smallest absolute Gasteiger partial charge is 0.349 e. The van der Waals surface area contributed by atoms with Gasteiger partial charge in [0, 0.05) is 22.9 Å². The Morgan fingerprint density at radius 1 is 0.929 bits per heavy atom. The molecule has 1 aliphatic rings. The van der Waals surface area contributed by atoms with Gasteiger partial charge in [0.2, 0.25) is 0 Å². The molecule has 0 aromatic heterocycles. The SMILES string of the molecule is O=C(Nc1cccc(C(=O)NC2CC2)c1)c1ccc(S(=O)(=O)C(F)(F)F)cc1. The molecule has 2 amide bonds. The van der Waals surface area contributed by atoms with E-state index in [0.717, 1.165) is 37.1 Å². The number of benzene rings is 2. The number of sulfone groups is 1. The van der Waals surface area contributed by atoms with Crippen molar-refractivity contribution in [1.82, 2.24) is 5.32 Å². The maximum absolute atomic E-state index is 12.6. The summed E-state index contributed by atoms with van der Waals surface area (Å²) in [6.45, 7) is 0. The first-order valence-electron chi connectivity index (χ1n) is 8.21. The van der Waals surface area contributed by atoms with Crippen LogP contribution in [0.15, 0.2) is 53.4 Å². The van der Waals surface area contributed by atoms with Crippen molar-refractivity contribution in [2.45, 2.75) is 29.3 Å². The number of anilines is 1. The molecule has 1 aliphatic carbocycles. The molecule has 2 N–H and O–H groups in total. The van der Waals surface area contributed by atoms with Crippen molar-refractivity contribution in [2.75, 3.05) is 5.32 Å². The number of halogens is 3. The molecule has 1 saturated carbocycles. The molecular formula is C18H15F3N2O4S. The molecule has 28 heavy (non-hydrogen) atoms. The molecule has 148 valence electrons. The topological polar surface area (TPSA) is 92.3 Å². The van der Waals surface area contributed by atoms with Gasteiger partial charge in [-0.05, 0) is 55.3 Å². The monoisotopic (exact) mass is 412 g/mol. The highest BCUT2D eigenvalue weighted by Gasteiger charge is 2.46. The fourth-order valence-corrected chi connectivity index (χ4v) is 3.12. The molecule has 0 radical (unpaired) electrons. The van der Waals surface area contributed by atoms with Gasteiger partial charge in [0.25, 0.3) is 21.7 Å². The molecule has 3 rings (SSSR count). The molecule has 0 spiro atoms. The number of hydrogen-bond donors (Lipinski definition) is 2. The van der Waals surface area contributed by atoms with Crippen LogP contribution in [-0.4, -0.2) is 31.8 Å². The average Bonchev–Trinajstić information content (AvgIpc) is 3.45. The van der Waals surface area contributed by atoms with Gasteiger partial charge in [0.05, 0.1) is 4.90 Å². The van der Waals surface area contributed by atoms with Crippen molar-refractivity contribution in [3.05, 3.63) is 59.7 Å². The predicted octanol–water partition coefficient (Wildman–Crippen LogP) is 3.12. The summed E-state index contributed by atoms with van der Waals surface area (Å²) in [5, 5.41) is 5.33. The van der Waals surface area contributed by atoms with E-state index in [4.69, 9.17) is 0 Å². The second-order valence-electron chi connectivity index (χ2n) is 6.26. The number of carbonyl (C=O) groups is 2. The highest BCUT2D eigenvalue weighted by Crippen LogP contribution is 2.30. The molecule has 6 nitrogen and oxygen atoms in total. The van der Waals surface area contributed by atoms with Crippen molar-refractivity contribution in [3.63, 3.8) is 0 Å². The summed E-state index contributed by atoms with van der Waals surface area (Å²) in [5.41, 5.74) is -4.77. The van der Waals surface area contributed by atoms with Gasteiger partial charge >= 0.3 is 5.51 Å². The summed E-state index contributed by atoms with van der Waals surface area (Å²) in [7, 11) is -5.47. The zero-order chi connectivity index (χ0) is 20.5. The Hall–Kier alpha value is -2.88. The Kier molecular flexibility index (Phi) is 5.16. The first-order chi connectivity index (χ1) is 13.1. The first kappa shape index (κ1) is 19.9. The van der Waals surface area contributed by atoms with E-state index in [2.05, 4.69) is 10.6 Å². The van der Waals surface area contributed by atoms with E-state index < -0.39 is 26.1 Å². The van der Waals surface area contributed by atoms with E-state index in [1.54, 1.807) is 18.2 Å². The predicted molar refractivity (Wildman–Crippen MR) is 94.6 cm³/mol. The standard InChI is InChI=1S/C18H15F3N2O4S/c19-18(20,21)28(26,27)15-8-4-11(5-9-15)16(24)23-14-3-1-2-12(10-14)17(25)22-13-6-7-13/h1-5,8-10,13H,6-7H2,(H,22,25)(H,23,24). The third-order valence-corrected chi connectivity index (χ3v) is 5.53. The summed E-state index contributed by atoms with van der Waals surface area (Å²) in [6.07, 6.45) is 1.87. The van der Waals surface area contributed by atoms with E-state index in [1.165, 1.54) is 6.07 Å². The van der Waals surface area contributed by atoms with Gasteiger partial charge in [-0.25, -0.2) is 8.42 Å².